The minimum atomic E-state index is -0.0608. The topological polar surface area (TPSA) is 52.6 Å². The molecule has 144 valence electrons. The van der Waals surface area contributed by atoms with Crippen LogP contribution in [0.4, 0.5) is 11.6 Å². The SMILES string of the molecule is O=C(c1cc(Cl)sc1Cl)N1CCN(c2ccc(N3CCCCC3)nn2)CC1. The second-order valence-electron chi connectivity index (χ2n) is 6.81. The molecule has 4 rings (SSSR count). The molecule has 0 aliphatic carbocycles. The van der Waals surface area contributed by atoms with Crippen molar-refractivity contribution in [3.05, 3.63) is 32.4 Å². The summed E-state index contributed by atoms with van der Waals surface area (Å²) >= 11 is 13.3. The molecule has 0 unspecified atom stereocenters. The van der Waals surface area contributed by atoms with Crippen molar-refractivity contribution in [1.29, 1.82) is 0 Å². The molecule has 0 aromatic carbocycles. The maximum Gasteiger partial charge on any atom is 0.256 e. The summed E-state index contributed by atoms with van der Waals surface area (Å²) in [4.78, 5) is 18.9. The molecule has 2 saturated heterocycles. The Hall–Kier alpha value is -1.57. The number of hydrogen-bond acceptors (Lipinski definition) is 6. The molecule has 2 aromatic rings. The minimum absolute atomic E-state index is 0.0608. The maximum absolute atomic E-state index is 12.6. The zero-order valence-corrected chi connectivity index (χ0v) is 17.2. The number of thiophene rings is 1. The molecule has 2 fully saturated rings. The van der Waals surface area contributed by atoms with Gasteiger partial charge in [0, 0.05) is 39.3 Å². The molecule has 27 heavy (non-hydrogen) atoms. The molecule has 4 heterocycles. The van der Waals surface area contributed by atoms with Gasteiger partial charge >= 0.3 is 0 Å². The van der Waals surface area contributed by atoms with Crippen LogP contribution in [-0.2, 0) is 0 Å². The highest BCUT2D eigenvalue weighted by atomic mass is 35.5. The Morgan fingerprint density at radius 1 is 0.889 bits per heavy atom. The van der Waals surface area contributed by atoms with E-state index < -0.39 is 0 Å². The Balaban J connectivity index is 1.36. The molecule has 0 radical (unpaired) electrons. The van der Waals surface area contributed by atoms with E-state index in [0.717, 1.165) is 37.8 Å². The van der Waals surface area contributed by atoms with Crippen molar-refractivity contribution in [2.75, 3.05) is 49.1 Å². The Morgan fingerprint density at radius 3 is 2.00 bits per heavy atom. The van der Waals surface area contributed by atoms with Crippen molar-refractivity contribution in [1.82, 2.24) is 15.1 Å². The summed E-state index contributed by atoms with van der Waals surface area (Å²) in [5.74, 6) is 1.75. The van der Waals surface area contributed by atoms with Crippen LogP contribution >= 0.6 is 34.5 Å². The number of halogens is 2. The number of anilines is 2. The van der Waals surface area contributed by atoms with E-state index in [1.165, 1.54) is 30.6 Å². The fourth-order valence-corrected chi connectivity index (χ4v) is 5.02. The van der Waals surface area contributed by atoms with E-state index in [1.807, 2.05) is 11.0 Å². The number of rotatable bonds is 3. The van der Waals surface area contributed by atoms with Gasteiger partial charge in [0.15, 0.2) is 11.6 Å². The monoisotopic (exact) mass is 425 g/mol. The van der Waals surface area contributed by atoms with Gasteiger partial charge in [-0.2, -0.15) is 0 Å². The molecule has 2 aromatic heterocycles. The van der Waals surface area contributed by atoms with Crippen molar-refractivity contribution >= 4 is 52.1 Å². The Morgan fingerprint density at radius 2 is 1.48 bits per heavy atom. The van der Waals surface area contributed by atoms with Gasteiger partial charge < -0.3 is 14.7 Å². The first kappa shape index (κ1) is 18.8. The van der Waals surface area contributed by atoms with Gasteiger partial charge in [0.05, 0.1) is 9.90 Å². The van der Waals surface area contributed by atoms with E-state index >= 15 is 0 Å². The highest BCUT2D eigenvalue weighted by molar-refractivity contribution is 7.20. The predicted molar refractivity (Wildman–Crippen MR) is 111 cm³/mol. The normalized spacial score (nSPS) is 18.1. The van der Waals surface area contributed by atoms with E-state index in [9.17, 15) is 4.79 Å². The van der Waals surface area contributed by atoms with Gasteiger partial charge in [-0.05, 0) is 37.5 Å². The molecule has 0 saturated carbocycles. The van der Waals surface area contributed by atoms with E-state index in [-0.39, 0.29) is 5.91 Å². The Kier molecular flexibility index (Phi) is 5.71. The van der Waals surface area contributed by atoms with Crippen LogP contribution in [0.25, 0.3) is 0 Å². The standard InChI is InChI=1S/C18H21Cl2N5OS/c19-14-12-13(17(20)27-14)18(26)25-10-8-24(9-11-25)16-5-4-15(21-22-16)23-6-2-1-3-7-23/h4-5,12H,1-3,6-11H2. The molecule has 0 N–H and O–H groups in total. The summed E-state index contributed by atoms with van der Waals surface area (Å²) in [6.45, 7) is 4.81. The van der Waals surface area contributed by atoms with E-state index in [0.29, 0.717) is 27.3 Å². The summed E-state index contributed by atoms with van der Waals surface area (Å²) in [6.07, 6.45) is 3.74. The van der Waals surface area contributed by atoms with Gasteiger partial charge in [0.25, 0.3) is 5.91 Å². The van der Waals surface area contributed by atoms with Crippen molar-refractivity contribution in [3.63, 3.8) is 0 Å². The molecule has 0 spiro atoms. The number of piperidine rings is 1. The number of carbonyl (C=O) groups excluding carboxylic acids is 1. The number of carbonyl (C=O) groups is 1. The minimum Gasteiger partial charge on any atom is -0.355 e. The van der Waals surface area contributed by atoms with Crippen LogP contribution in [-0.4, -0.2) is 60.3 Å². The average molecular weight is 426 g/mol. The highest BCUT2D eigenvalue weighted by Crippen LogP contribution is 2.32. The number of aromatic nitrogens is 2. The first-order chi connectivity index (χ1) is 13.1. The van der Waals surface area contributed by atoms with Crippen LogP contribution in [0.2, 0.25) is 8.67 Å². The van der Waals surface area contributed by atoms with E-state index in [4.69, 9.17) is 23.2 Å². The molecule has 2 aliphatic heterocycles. The third kappa shape index (κ3) is 4.15. The lowest BCUT2D eigenvalue weighted by Gasteiger charge is -2.35. The zero-order chi connectivity index (χ0) is 18.8. The lowest BCUT2D eigenvalue weighted by atomic mass is 10.1. The first-order valence-electron chi connectivity index (χ1n) is 9.19. The lowest BCUT2D eigenvalue weighted by Crippen LogP contribution is -2.49. The number of piperazine rings is 1. The van der Waals surface area contributed by atoms with Crippen molar-refractivity contribution < 1.29 is 4.79 Å². The van der Waals surface area contributed by atoms with Gasteiger partial charge in [0.1, 0.15) is 4.34 Å². The molecular weight excluding hydrogens is 405 g/mol. The lowest BCUT2D eigenvalue weighted by molar-refractivity contribution is 0.0747. The Labute approximate surface area is 172 Å². The molecule has 2 aliphatic rings. The van der Waals surface area contributed by atoms with Crippen LogP contribution in [0, 0.1) is 0 Å². The van der Waals surface area contributed by atoms with Crippen LogP contribution in [0.15, 0.2) is 18.2 Å². The molecular formula is C18H21Cl2N5OS. The van der Waals surface area contributed by atoms with Gasteiger partial charge in [-0.25, -0.2) is 0 Å². The number of hydrogen-bond donors (Lipinski definition) is 0. The third-order valence-electron chi connectivity index (χ3n) is 5.09. The fourth-order valence-electron chi connectivity index (χ4n) is 3.57. The fraction of sp³-hybridized carbons (Fsp3) is 0.500. The number of nitrogens with zero attached hydrogens (tertiary/aromatic N) is 5. The third-order valence-corrected chi connectivity index (χ3v) is 6.58. The van der Waals surface area contributed by atoms with Crippen LogP contribution < -0.4 is 9.80 Å². The van der Waals surface area contributed by atoms with Gasteiger partial charge in [-0.1, -0.05) is 23.2 Å². The average Bonchev–Trinajstić information content (AvgIpc) is 3.06. The summed E-state index contributed by atoms with van der Waals surface area (Å²) in [5, 5.41) is 8.83. The molecule has 9 heteroatoms. The van der Waals surface area contributed by atoms with Crippen molar-refractivity contribution in [3.8, 4) is 0 Å². The highest BCUT2D eigenvalue weighted by Gasteiger charge is 2.25. The summed E-state index contributed by atoms with van der Waals surface area (Å²) in [7, 11) is 0. The van der Waals surface area contributed by atoms with Crippen LogP contribution in [0.3, 0.4) is 0 Å². The maximum atomic E-state index is 12.6. The molecule has 6 nitrogen and oxygen atoms in total. The smallest absolute Gasteiger partial charge is 0.256 e. The molecule has 0 bridgehead atoms. The van der Waals surface area contributed by atoms with Gasteiger partial charge in [-0.15, -0.1) is 21.5 Å². The van der Waals surface area contributed by atoms with E-state index in [1.54, 1.807) is 6.07 Å². The molecule has 0 atom stereocenters. The molecule has 1 amide bonds. The second kappa shape index (κ2) is 8.20. The van der Waals surface area contributed by atoms with Crippen molar-refractivity contribution in [2.24, 2.45) is 0 Å². The van der Waals surface area contributed by atoms with Crippen LogP contribution in [0.5, 0.6) is 0 Å². The second-order valence-corrected chi connectivity index (χ2v) is 9.10. The zero-order valence-electron chi connectivity index (χ0n) is 14.9. The van der Waals surface area contributed by atoms with Crippen molar-refractivity contribution in [2.45, 2.75) is 19.3 Å². The predicted octanol–water partition coefficient (Wildman–Crippen LogP) is 3.80. The van der Waals surface area contributed by atoms with Gasteiger partial charge in [-0.3, -0.25) is 4.79 Å². The Bertz CT molecular complexity index is 799. The summed E-state index contributed by atoms with van der Waals surface area (Å²) in [5.41, 5.74) is 0.491. The van der Waals surface area contributed by atoms with Gasteiger partial charge in [0.2, 0.25) is 0 Å². The largest absolute Gasteiger partial charge is 0.355 e. The quantitative estimate of drug-likeness (QED) is 0.748. The summed E-state index contributed by atoms with van der Waals surface area (Å²) < 4.78 is 0.984. The van der Waals surface area contributed by atoms with E-state index in [2.05, 4.69) is 26.1 Å². The van der Waals surface area contributed by atoms with Crippen LogP contribution in [0.1, 0.15) is 29.6 Å². The first-order valence-corrected chi connectivity index (χ1v) is 10.8. The number of amides is 1. The summed E-state index contributed by atoms with van der Waals surface area (Å²) in [6, 6.07) is 5.73.